The normalized spacial score (nSPS) is 12.6. The van der Waals surface area contributed by atoms with Crippen LogP contribution >= 0.6 is 24.4 Å². The van der Waals surface area contributed by atoms with Crippen LogP contribution in [0.15, 0.2) is 12.7 Å². The van der Waals surface area contributed by atoms with E-state index in [1.807, 2.05) is 0 Å². The summed E-state index contributed by atoms with van der Waals surface area (Å²) in [6.07, 6.45) is 1.46. The molecule has 0 aromatic heterocycles. The topological polar surface area (TPSA) is 37.3 Å². The standard InChI is InChI=1S/C4H6O2S2/c1-2-3(7)8-4(5)6/h2-3,7H,1H2,(H,5,6). The van der Waals surface area contributed by atoms with E-state index in [0.29, 0.717) is 0 Å². The van der Waals surface area contributed by atoms with Crippen molar-refractivity contribution >= 4 is 29.7 Å². The highest BCUT2D eigenvalue weighted by Gasteiger charge is 2.02. The van der Waals surface area contributed by atoms with E-state index in [1.165, 1.54) is 6.08 Å². The molecule has 0 aliphatic carbocycles. The van der Waals surface area contributed by atoms with E-state index in [4.69, 9.17) is 5.11 Å². The molecule has 0 saturated heterocycles. The molecule has 0 aliphatic rings. The molecule has 1 atom stereocenters. The molecular weight excluding hydrogens is 144 g/mol. The zero-order valence-electron chi connectivity index (χ0n) is 4.07. The Balaban J connectivity index is 3.38. The molecule has 0 aromatic carbocycles. The van der Waals surface area contributed by atoms with Crippen LogP contribution in [0.25, 0.3) is 0 Å². The predicted molar refractivity (Wildman–Crippen MR) is 38.6 cm³/mol. The second-order valence-corrected chi connectivity index (χ2v) is 3.01. The number of hydrogen-bond acceptors (Lipinski definition) is 3. The number of hydrogen-bond donors (Lipinski definition) is 2. The van der Waals surface area contributed by atoms with Gasteiger partial charge in [0.1, 0.15) is 0 Å². The molecule has 0 rings (SSSR count). The molecular formula is C4H6O2S2. The van der Waals surface area contributed by atoms with Crippen LogP contribution < -0.4 is 0 Å². The summed E-state index contributed by atoms with van der Waals surface area (Å²) in [5.41, 5.74) is 0. The molecule has 46 valence electrons. The van der Waals surface area contributed by atoms with Crippen LogP contribution in [-0.4, -0.2) is 15.0 Å². The van der Waals surface area contributed by atoms with Crippen LogP contribution in [0.3, 0.4) is 0 Å². The minimum absolute atomic E-state index is 0.299. The van der Waals surface area contributed by atoms with Crippen molar-refractivity contribution in [2.75, 3.05) is 0 Å². The van der Waals surface area contributed by atoms with Crippen LogP contribution in [0.5, 0.6) is 0 Å². The van der Waals surface area contributed by atoms with Gasteiger partial charge in [-0.3, -0.25) is 0 Å². The lowest BCUT2D eigenvalue weighted by Crippen LogP contribution is -1.91. The Hall–Kier alpha value is -0.0900. The molecule has 0 bridgehead atoms. The fourth-order valence-electron chi connectivity index (χ4n) is 0.151. The second-order valence-electron chi connectivity index (χ2n) is 1.01. The molecule has 1 N–H and O–H groups in total. The van der Waals surface area contributed by atoms with Crippen molar-refractivity contribution in [2.24, 2.45) is 0 Å². The fraction of sp³-hybridized carbons (Fsp3) is 0.250. The summed E-state index contributed by atoms with van der Waals surface area (Å²) in [6, 6.07) is 0. The summed E-state index contributed by atoms with van der Waals surface area (Å²) in [4.78, 5) is 9.83. The maximum absolute atomic E-state index is 9.83. The van der Waals surface area contributed by atoms with Crippen molar-refractivity contribution in [1.29, 1.82) is 0 Å². The van der Waals surface area contributed by atoms with E-state index in [9.17, 15) is 4.79 Å². The SMILES string of the molecule is C=CC(S)SC(=O)O. The molecule has 2 nitrogen and oxygen atoms in total. The molecule has 0 saturated carbocycles. The first-order valence-electron chi connectivity index (χ1n) is 1.87. The summed E-state index contributed by atoms with van der Waals surface area (Å²) in [7, 11) is 0. The zero-order chi connectivity index (χ0) is 6.57. The zero-order valence-corrected chi connectivity index (χ0v) is 5.78. The monoisotopic (exact) mass is 150 g/mol. The van der Waals surface area contributed by atoms with E-state index >= 15 is 0 Å². The van der Waals surface area contributed by atoms with E-state index in [1.54, 1.807) is 0 Å². The van der Waals surface area contributed by atoms with Gasteiger partial charge in [0, 0.05) is 0 Å². The molecule has 0 spiro atoms. The first kappa shape index (κ1) is 7.91. The second kappa shape index (κ2) is 3.86. The summed E-state index contributed by atoms with van der Waals surface area (Å²) in [5.74, 6) is 0. The fourth-order valence-corrected chi connectivity index (χ4v) is 0.725. The third-order valence-electron chi connectivity index (χ3n) is 0.423. The Kier molecular flexibility index (Phi) is 3.81. The van der Waals surface area contributed by atoms with Gasteiger partial charge in [0.2, 0.25) is 0 Å². The Bertz CT molecular complexity index is 102. The van der Waals surface area contributed by atoms with Gasteiger partial charge in [0.25, 0.3) is 0 Å². The average molecular weight is 150 g/mol. The van der Waals surface area contributed by atoms with Crippen molar-refractivity contribution in [3.8, 4) is 0 Å². The van der Waals surface area contributed by atoms with E-state index < -0.39 is 5.30 Å². The molecule has 0 fully saturated rings. The molecule has 4 heteroatoms. The molecule has 0 aliphatic heterocycles. The van der Waals surface area contributed by atoms with Gasteiger partial charge in [-0.05, 0) is 11.8 Å². The van der Waals surface area contributed by atoms with Gasteiger partial charge in [-0.1, -0.05) is 6.08 Å². The first-order chi connectivity index (χ1) is 3.66. The molecule has 1 unspecified atom stereocenters. The molecule has 0 heterocycles. The van der Waals surface area contributed by atoms with Gasteiger partial charge >= 0.3 is 5.30 Å². The van der Waals surface area contributed by atoms with Gasteiger partial charge in [0.15, 0.2) is 0 Å². The van der Waals surface area contributed by atoms with Crippen LogP contribution in [0.1, 0.15) is 0 Å². The highest BCUT2D eigenvalue weighted by molar-refractivity contribution is 8.20. The van der Waals surface area contributed by atoms with E-state index in [0.717, 1.165) is 11.8 Å². The Labute approximate surface area is 57.4 Å². The van der Waals surface area contributed by atoms with Crippen LogP contribution in [-0.2, 0) is 0 Å². The minimum Gasteiger partial charge on any atom is -0.473 e. The third-order valence-corrected chi connectivity index (χ3v) is 1.59. The summed E-state index contributed by atoms with van der Waals surface area (Å²) in [5, 5.41) is 7.16. The quantitative estimate of drug-likeness (QED) is 0.358. The Morgan fingerprint density at radius 2 is 2.50 bits per heavy atom. The van der Waals surface area contributed by atoms with Crippen molar-refractivity contribution in [3.05, 3.63) is 12.7 Å². The lowest BCUT2D eigenvalue weighted by atomic mass is 10.8. The molecule has 0 amide bonds. The smallest absolute Gasteiger partial charge is 0.366 e. The summed E-state index contributed by atoms with van der Waals surface area (Å²) >= 11 is 4.55. The number of thiol groups is 1. The highest BCUT2D eigenvalue weighted by atomic mass is 32.2. The summed E-state index contributed by atoms with van der Waals surface area (Å²) in [6.45, 7) is 3.35. The van der Waals surface area contributed by atoms with Gasteiger partial charge in [-0.2, -0.15) is 12.6 Å². The Morgan fingerprint density at radius 1 is 2.00 bits per heavy atom. The van der Waals surface area contributed by atoms with Crippen LogP contribution in [0.4, 0.5) is 4.79 Å². The van der Waals surface area contributed by atoms with E-state index in [-0.39, 0.29) is 4.58 Å². The van der Waals surface area contributed by atoms with Crippen LogP contribution in [0, 0.1) is 0 Å². The van der Waals surface area contributed by atoms with Crippen molar-refractivity contribution in [3.63, 3.8) is 0 Å². The first-order valence-corrected chi connectivity index (χ1v) is 3.26. The van der Waals surface area contributed by atoms with Gasteiger partial charge in [0.05, 0.1) is 4.58 Å². The average Bonchev–Trinajstić information content (AvgIpc) is 1.65. The van der Waals surface area contributed by atoms with E-state index in [2.05, 4.69) is 19.2 Å². The Morgan fingerprint density at radius 3 is 2.62 bits per heavy atom. The van der Waals surface area contributed by atoms with Gasteiger partial charge < -0.3 is 5.11 Å². The minimum atomic E-state index is -0.926. The molecule has 8 heavy (non-hydrogen) atoms. The number of rotatable bonds is 2. The number of carboxylic acid groups (broad SMARTS) is 1. The maximum Gasteiger partial charge on any atom is 0.366 e. The van der Waals surface area contributed by atoms with Crippen molar-refractivity contribution in [1.82, 2.24) is 0 Å². The number of carbonyl (C=O) groups is 1. The predicted octanol–water partition coefficient (Wildman–Crippen LogP) is 1.84. The van der Waals surface area contributed by atoms with Gasteiger partial charge in [-0.15, -0.1) is 6.58 Å². The van der Waals surface area contributed by atoms with Gasteiger partial charge in [-0.25, -0.2) is 4.79 Å². The third kappa shape index (κ3) is 4.08. The lowest BCUT2D eigenvalue weighted by Gasteiger charge is -1.95. The maximum atomic E-state index is 9.83. The summed E-state index contributed by atoms with van der Waals surface area (Å²) < 4.78 is -0.299. The van der Waals surface area contributed by atoms with Crippen molar-refractivity contribution in [2.45, 2.75) is 4.58 Å². The number of thioether (sulfide) groups is 1. The van der Waals surface area contributed by atoms with Crippen molar-refractivity contribution < 1.29 is 9.90 Å². The largest absolute Gasteiger partial charge is 0.473 e. The lowest BCUT2D eigenvalue weighted by molar-refractivity contribution is 0.222. The van der Waals surface area contributed by atoms with Crippen LogP contribution in [0.2, 0.25) is 0 Å². The molecule has 0 aromatic rings. The highest BCUT2D eigenvalue weighted by Crippen LogP contribution is 2.15. The molecule has 0 radical (unpaired) electrons.